The summed E-state index contributed by atoms with van der Waals surface area (Å²) < 4.78 is 5.14. The number of carboxylic acid groups (broad SMARTS) is 1. The van der Waals surface area contributed by atoms with Gasteiger partial charge in [0.05, 0.1) is 6.61 Å². The first-order chi connectivity index (χ1) is 8.10. The number of esters is 1. The number of ether oxygens (including phenoxy) is 1. The number of carbonyl (C=O) groups is 2. The molecular weight excluding hydrogens is 220 g/mol. The van der Waals surface area contributed by atoms with E-state index in [1.807, 2.05) is 0 Å². The molecule has 4 nitrogen and oxygen atoms in total. The molecule has 17 heavy (non-hydrogen) atoms. The predicted molar refractivity (Wildman–Crippen MR) is 65.8 cm³/mol. The molecule has 0 aliphatic rings. The van der Waals surface area contributed by atoms with Crippen LogP contribution in [0.4, 0.5) is 0 Å². The third-order valence-electron chi connectivity index (χ3n) is 2.79. The van der Waals surface area contributed by atoms with Crippen LogP contribution in [0.3, 0.4) is 0 Å². The molecular formula is C13H24O4. The molecule has 0 amide bonds. The van der Waals surface area contributed by atoms with Crippen LogP contribution in [0.1, 0.15) is 58.8 Å². The van der Waals surface area contributed by atoms with Gasteiger partial charge in [-0.25, -0.2) is 0 Å². The van der Waals surface area contributed by atoms with Gasteiger partial charge in [0.15, 0.2) is 0 Å². The summed E-state index contributed by atoms with van der Waals surface area (Å²) in [6.45, 7) is 4.71. The van der Waals surface area contributed by atoms with Crippen molar-refractivity contribution in [1.29, 1.82) is 0 Å². The summed E-state index contributed by atoms with van der Waals surface area (Å²) in [6, 6.07) is 0. The van der Waals surface area contributed by atoms with Crippen molar-refractivity contribution in [3.8, 4) is 0 Å². The van der Waals surface area contributed by atoms with Crippen molar-refractivity contribution < 1.29 is 19.4 Å². The van der Waals surface area contributed by atoms with E-state index >= 15 is 0 Å². The standard InChI is InChI=1S/C13H24O4/c1-3-5-7-11(4-2)10-17-13(16)9-6-8-12(14)15/h11H,3-10H2,1-2H3,(H,14,15). The van der Waals surface area contributed by atoms with E-state index in [-0.39, 0.29) is 18.8 Å². The first-order valence-corrected chi connectivity index (χ1v) is 6.47. The molecule has 4 heteroatoms. The van der Waals surface area contributed by atoms with Gasteiger partial charge in [0.25, 0.3) is 0 Å². The lowest BCUT2D eigenvalue weighted by Gasteiger charge is -2.14. The monoisotopic (exact) mass is 244 g/mol. The topological polar surface area (TPSA) is 63.6 Å². The van der Waals surface area contributed by atoms with Gasteiger partial charge in [0.2, 0.25) is 0 Å². The molecule has 0 saturated heterocycles. The number of carboxylic acids is 1. The van der Waals surface area contributed by atoms with Gasteiger partial charge in [0.1, 0.15) is 0 Å². The van der Waals surface area contributed by atoms with E-state index < -0.39 is 5.97 Å². The fraction of sp³-hybridized carbons (Fsp3) is 0.846. The summed E-state index contributed by atoms with van der Waals surface area (Å²) in [5.41, 5.74) is 0. The first-order valence-electron chi connectivity index (χ1n) is 6.47. The minimum atomic E-state index is -0.868. The molecule has 0 bridgehead atoms. The van der Waals surface area contributed by atoms with Crippen molar-refractivity contribution >= 4 is 11.9 Å². The number of hydrogen-bond acceptors (Lipinski definition) is 3. The Morgan fingerprint density at radius 2 is 1.88 bits per heavy atom. The van der Waals surface area contributed by atoms with Gasteiger partial charge in [-0.1, -0.05) is 33.1 Å². The lowest BCUT2D eigenvalue weighted by atomic mass is 10.0. The minimum Gasteiger partial charge on any atom is -0.481 e. The van der Waals surface area contributed by atoms with Crippen LogP contribution in [0.15, 0.2) is 0 Å². The number of rotatable bonds is 10. The Morgan fingerprint density at radius 3 is 2.41 bits per heavy atom. The Balaban J connectivity index is 3.62. The molecule has 0 aromatic carbocycles. The smallest absolute Gasteiger partial charge is 0.305 e. The molecule has 0 aliphatic heterocycles. The molecule has 0 radical (unpaired) electrons. The highest BCUT2D eigenvalue weighted by molar-refractivity contribution is 5.71. The molecule has 0 fully saturated rings. The SMILES string of the molecule is CCCCC(CC)COC(=O)CCCC(=O)O. The van der Waals surface area contributed by atoms with E-state index in [9.17, 15) is 9.59 Å². The average molecular weight is 244 g/mol. The average Bonchev–Trinajstić information content (AvgIpc) is 2.29. The number of unbranched alkanes of at least 4 members (excludes halogenated alkanes) is 1. The van der Waals surface area contributed by atoms with E-state index in [1.54, 1.807) is 0 Å². The molecule has 1 N–H and O–H groups in total. The van der Waals surface area contributed by atoms with E-state index in [2.05, 4.69) is 13.8 Å². The quantitative estimate of drug-likeness (QED) is 0.600. The van der Waals surface area contributed by atoms with Gasteiger partial charge >= 0.3 is 11.9 Å². The summed E-state index contributed by atoms with van der Waals surface area (Å²) in [5.74, 6) is -0.702. The predicted octanol–water partition coefficient (Wildman–Crippen LogP) is 3.00. The highest BCUT2D eigenvalue weighted by atomic mass is 16.5. The maximum atomic E-state index is 11.3. The van der Waals surface area contributed by atoms with Crippen molar-refractivity contribution in [2.75, 3.05) is 6.61 Å². The molecule has 0 aromatic heterocycles. The van der Waals surface area contributed by atoms with Gasteiger partial charge in [-0.05, 0) is 18.8 Å². The van der Waals surface area contributed by atoms with Gasteiger partial charge in [0, 0.05) is 12.8 Å². The van der Waals surface area contributed by atoms with Crippen molar-refractivity contribution in [2.45, 2.75) is 58.8 Å². The second-order valence-electron chi connectivity index (χ2n) is 4.35. The number of carbonyl (C=O) groups excluding carboxylic acids is 1. The third-order valence-corrected chi connectivity index (χ3v) is 2.79. The second-order valence-corrected chi connectivity index (χ2v) is 4.35. The van der Waals surface area contributed by atoms with Crippen molar-refractivity contribution in [3.05, 3.63) is 0 Å². The first kappa shape index (κ1) is 15.9. The molecule has 0 aliphatic carbocycles. The highest BCUT2D eigenvalue weighted by Crippen LogP contribution is 2.13. The Hall–Kier alpha value is -1.06. The van der Waals surface area contributed by atoms with E-state index in [0.29, 0.717) is 18.9 Å². The molecule has 0 aromatic rings. The zero-order chi connectivity index (χ0) is 13.1. The van der Waals surface area contributed by atoms with Crippen LogP contribution in [0.25, 0.3) is 0 Å². The zero-order valence-electron chi connectivity index (χ0n) is 10.9. The third kappa shape index (κ3) is 9.85. The molecule has 100 valence electrons. The molecule has 1 atom stereocenters. The highest BCUT2D eigenvalue weighted by Gasteiger charge is 2.10. The van der Waals surface area contributed by atoms with Gasteiger partial charge < -0.3 is 9.84 Å². The second kappa shape index (κ2) is 10.1. The Labute approximate surface area is 103 Å². The minimum absolute atomic E-state index is 0.0299. The summed E-state index contributed by atoms with van der Waals surface area (Å²) in [4.78, 5) is 21.6. The van der Waals surface area contributed by atoms with Crippen molar-refractivity contribution in [1.82, 2.24) is 0 Å². The van der Waals surface area contributed by atoms with Gasteiger partial charge in [-0.3, -0.25) is 9.59 Å². The maximum Gasteiger partial charge on any atom is 0.305 e. The Bertz CT molecular complexity index is 225. The fourth-order valence-corrected chi connectivity index (χ4v) is 1.57. The summed E-state index contributed by atoms with van der Waals surface area (Å²) in [5, 5.41) is 8.43. The van der Waals surface area contributed by atoms with E-state index in [1.165, 1.54) is 0 Å². The number of aliphatic carboxylic acids is 1. The fourth-order valence-electron chi connectivity index (χ4n) is 1.57. The van der Waals surface area contributed by atoms with Gasteiger partial charge in [-0.15, -0.1) is 0 Å². The van der Waals surface area contributed by atoms with Crippen LogP contribution in [-0.2, 0) is 14.3 Å². The largest absolute Gasteiger partial charge is 0.481 e. The lowest BCUT2D eigenvalue weighted by Crippen LogP contribution is -2.14. The van der Waals surface area contributed by atoms with Crippen molar-refractivity contribution in [2.24, 2.45) is 5.92 Å². The number of hydrogen-bond donors (Lipinski definition) is 1. The molecule has 0 heterocycles. The summed E-state index contributed by atoms with van der Waals surface area (Å²) in [6.07, 6.45) is 5.02. The zero-order valence-corrected chi connectivity index (χ0v) is 10.9. The van der Waals surface area contributed by atoms with E-state index in [4.69, 9.17) is 9.84 Å². The molecule has 1 unspecified atom stereocenters. The van der Waals surface area contributed by atoms with Crippen LogP contribution in [0.5, 0.6) is 0 Å². The van der Waals surface area contributed by atoms with Crippen LogP contribution in [0.2, 0.25) is 0 Å². The van der Waals surface area contributed by atoms with Crippen LogP contribution in [0, 0.1) is 5.92 Å². The van der Waals surface area contributed by atoms with Crippen LogP contribution >= 0.6 is 0 Å². The molecule has 0 saturated carbocycles. The van der Waals surface area contributed by atoms with Gasteiger partial charge in [-0.2, -0.15) is 0 Å². The van der Waals surface area contributed by atoms with Crippen molar-refractivity contribution in [3.63, 3.8) is 0 Å². The summed E-state index contributed by atoms with van der Waals surface area (Å²) in [7, 11) is 0. The lowest BCUT2D eigenvalue weighted by molar-refractivity contribution is -0.145. The van der Waals surface area contributed by atoms with E-state index in [0.717, 1.165) is 25.7 Å². The normalized spacial score (nSPS) is 12.1. The van der Waals surface area contributed by atoms with Crippen LogP contribution < -0.4 is 0 Å². The molecule has 0 spiro atoms. The molecule has 0 rings (SSSR count). The summed E-state index contributed by atoms with van der Waals surface area (Å²) >= 11 is 0. The Kier molecular flexibility index (Phi) is 9.49. The maximum absolute atomic E-state index is 11.3. The Morgan fingerprint density at radius 1 is 1.18 bits per heavy atom. The van der Waals surface area contributed by atoms with Crippen LogP contribution in [-0.4, -0.2) is 23.7 Å².